The fourth-order valence-corrected chi connectivity index (χ4v) is 2.05. The molecular weight excluding hydrogens is 266 g/mol. The fraction of sp³-hybridized carbons (Fsp3) is 0. The maximum Gasteiger partial charge on any atom is 0.296 e. The number of nitrogen functional groups attached to an aromatic ring is 1. The van der Waals surface area contributed by atoms with Crippen LogP contribution in [0.2, 0.25) is 0 Å². The van der Waals surface area contributed by atoms with Crippen molar-refractivity contribution in [2.24, 2.45) is 10.2 Å². The Hall–Kier alpha value is -2.25. The molecule has 0 aromatic heterocycles. The first-order valence-electron chi connectivity index (χ1n) is 5.30. The van der Waals surface area contributed by atoms with Crippen LogP contribution in [0.4, 0.5) is 17.1 Å². The summed E-state index contributed by atoms with van der Waals surface area (Å²) >= 11 is 0. The first kappa shape index (κ1) is 13.2. The van der Waals surface area contributed by atoms with Gasteiger partial charge in [0.1, 0.15) is 4.90 Å². The Bertz CT molecular complexity index is 712. The SMILES string of the molecule is Nc1ccc(/N=N/c2ccccc2)cc1S(=O)(=O)O. The molecule has 2 aromatic rings. The molecule has 0 aliphatic carbocycles. The summed E-state index contributed by atoms with van der Waals surface area (Å²) in [5.41, 5.74) is 6.35. The van der Waals surface area contributed by atoms with E-state index >= 15 is 0 Å². The molecule has 2 aromatic carbocycles. The Kier molecular flexibility index (Phi) is 3.59. The van der Waals surface area contributed by atoms with E-state index in [1.165, 1.54) is 12.1 Å². The van der Waals surface area contributed by atoms with Gasteiger partial charge in [-0.15, -0.1) is 0 Å². The Morgan fingerprint density at radius 3 is 2.21 bits per heavy atom. The smallest absolute Gasteiger partial charge is 0.296 e. The zero-order chi connectivity index (χ0) is 13.9. The van der Waals surface area contributed by atoms with E-state index in [9.17, 15) is 8.42 Å². The zero-order valence-electron chi connectivity index (χ0n) is 9.76. The van der Waals surface area contributed by atoms with Crippen molar-refractivity contribution in [1.82, 2.24) is 0 Å². The maximum atomic E-state index is 11.1. The first-order chi connectivity index (χ1) is 8.97. The fourth-order valence-electron chi connectivity index (χ4n) is 1.42. The summed E-state index contributed by atoms with van der Waals surface area (Å²) in [6.07, 6.45) is 0. The molecule has 6 nitrogen and oxygen atoms in total. The monoisotopic (exact) mass is 277 g/mol. The quantitative estimate of drug-likeness (QED) is 0.511. The van der Waals surface area contributed by atoms with Gasteiger partial charge in [0, 0.05) is 0 Å². The Morgan fingerprint density at radius 2 is 1.58 bits per heavy atom. The molecule has 0 spiro atoms. The third-order valence-corrected chi connectivity index (χ3v) is 3.22. The molecule has 2 rings (SSSR count). The second-order valence-corrected chi connectivity index (χ2v) is 5.12. The van der Waals surface area contributed by atoms with E-state index in [0.717, 1.165) is 6.07 Å². The van der Waals surface area contributed by atoms with Crippen LogP contribution < -0.4 is 5.73 Å². The molecule has 0 radical (unpaired) electrons. The van der Waals surface area contributed by atoms with Gasteiger partial charge in [0.2, 0.25) is 0 Å². The number of hydrogen-bond acceptors (Lipinski definition) is 5. The van der Waals surface area contributed by atoms with Crippen LogP contribution in [-0.4, -0.2) is 13.0 Å². The van der Waals surface area contributed by atoms with Gasteiger partial charge < -0.3 is 5.73 Å². The highest BCUT2D eigenvalue weighted by atomic mass is 32.2. The first-order valence-corrected chi connectivity index (χ1v) is 6.74. The van der Waals surface area contributed by atoms with E-state index < -0.39 is 10.1 Å². The van der Waals surface area contributed by atoms with Gasteiger partial charge in [0.05, 0.1) is 17.1 Å². The molecule has 0 aliphatic heterocycles. The van der Waals surface area contributed by atoms with Crippen LogP contribution in [0.25, 0.3) is 0 Å². The summed E-state index contributed by atoms with van der Waals surface area (Å²) in [5, 5.41) is 7.82. The molecule has 0 atom stereocenters. The number of hydrogen-bond donors (Lipinski definition) is 2. The normalized spacial score (nSPS) is 11.8. The average Bonchev–Trinajstić information content (AvgIpc) is 2.37. The number of benzene rings is 2. The van der Waals surface area contributed by atoms with Gasteiger partial charge >= 0.3 is 0 Å². The summed E-state index contributed by atoms with van der Waals surface area (Å²) in [5.74, 6) is 0. The van der Waals surface area contributed by atoms with Crippen molar-refractivity contribution >= 4 is 27.2 Å². The van der Waals surface area contributed by atoms with Crippen LogP contribution in [0.15, 0.2) is 63.7 Å². The minimum atomic E-state index is -4.37. The van der Waals surface area contributed by atoms with Crippen molar-refractivity contribution in [3.8, 4) is 0 Å². The lowest BCUT2D eigenvalue weighted by Crippen LogP contribution is -2.02. The average molecular weight is 277 g/mol. The number of rotatable bonds is 3. The molecule has 0 unspecified atom stereocenters. The van der Waals surface area contributed by atoms with Gasteiger partial charge in [-0.25, -0.2) is 0 Å². The van der Waals surface area contributed by atoms with Crippen molar-refractivity contribution in [2.45, 2.75) is 4.90 Å². The highest BCUT2D eigenvalue weighted by Crippen LogP contribution is 2.25. The van der Waals surface area contributed by atoms with E-state index in [2.05, 4.69) is 10.2 Å². The van der Waals surface area contributed by atoms with E-state index in [0.29, 0.717) is 5.69 Å². The standard InChI is InChI=1S/C12H11N3O3S/c13-11-7-6-10(8-12(11)19(16,17)18)15-14-9-4-2-1-3-5-9/h1-8H,13H2,(H,16,17,18)/b15-14+. The number of nitrogens with two attached hydrogens (primary N) is 1. The van der Waals surface area contributed by atoms with Crippen LogP contribution in [0, 0.1) is 0 Å². The molecule has 0 aliphatic rings. The molecule has 0 amide bonds. The third kappa shape index (κ3) is 3.36. The van der Waals surface area contributed by atoms with E-state index in [4.69, 9.17) is 10.3 Å². The van der Waals surface area contributed by atoms with Crippen molar-refractivity contribution in [3.05, 3.63) is 48.5 Å². The molecule has 3 N–H and O–H groups in total. The lowest BCUT2D eigenvalue weighted by atomic mass is 10.3. The van der Waals surface area contributed by atoms with Crippen LogP contribution in [0.5, 0.6) is 0 Å². The molecule has 19 heavy (non-hydrogen) atoms. The molecule has 7 heteroatoms. The molecule has 0 bridgehead atoms. The highest BCUT2D eigenvalue weighted by Gasteiger charge is 2.14. The molecule has 0 saturated heterocycles. The Morgan fingerprint density at radius 1 is 0.947 bits per heavy atom. The highest BCUT2D eigenvalue weighted by molar-refractivity contribution is 7.86. The van der Waals surface area contributed by atoms with Gasteiger partial charge in [-0.1, -0.05) is 18.2 Å². The van der Waals surface area contributed by atoms with E-state index in [1.807, 2.05) is 6.07 Å². The predicted molar refractivity (Wildman–Crippen MR) is 71.3 cm³/mol. The summed E-state index contributed by atoms with van der Waals surface area (Å²) in [6, 6.07) is 13.0. The number of azo groups is 1. The lowest BCUT2D eigenvalue weighted by molar-refractivity contribution is 0.483. The second kappa shape index (κ2) is 5.17. The molecule has 0 heterocycles. The molecule has 0 saturated carbocycles. The van der Waals surface area contributed by atoms with Gasteiger partial charge in [-0.2, -0.15) is 18.6 Å². The van der Waals surface area contributed by atoms with Crippen LogP contribution in [0.1, 0.15) is 0 Å². The number of anilines is 1. The minimum absolute atomic E-state index is 0.0406. The second-order valence-electron chi connectivity index (χ2n) is 3.73. The number of nitrogens with zero attached hydrogens (tertiary/aromatic N) is 2. The Labute approximate surface area is 110 Å². The van der Waals surface area contributed by atoms with Crippen LogP contribution in [-0.2, 0) is 10.1 Å². The van der Waals surface area contributed by atoms with Crippen LogP contribution in [0.3, 0.4) is 0 Å². The summed E-state index contributed by atoms with van der Waals surface area (Å²) < 4.78 is 31.2. The maximum absolute atomic E-state index is 11.1. The van der Waals surface area contributed by atoms with Crippen molar-refractivity contribution in [3.63, 3.8) is 0 Å². The predicted octanol–water partition coefficient (Wildman–Crippen LogP) is 2.93. The largest absolute Gasteiger partial charge is 0.398 e. The topological polar surface area (TPSA) is 105 Å². The van der Waals surface area contributed by atoms with Crippen molar-refractivity contribution in [2.75, 3.05) is 5.73 Å². The molecule has 98 valence electrons. The van der Waals surface area contributed by atoms with Crippen molar-refractivity contribution < 1.29 is 13.0 Å². The summed E-state index contributed by atoms with van der Waals surface area (Å²) in [6.45, 7) is 0. The van der Waals surface area contributed by atoms with E-state index in [-0.39, 0.29) is 16.3 Å². The van der Waals surface area contributed by atoms with Crippen LogP contribution >= 0.6 is 0 Å². The lowest BCUT2D eigenvalue weighted by Gasteiger charge is -2.02. The van der Waals surface area contributed by atoms with E-state index in [1.54, 1.807) is 24.3 Å². The zero-order valence-corrected chi connectivity index (χ0v) is 10.6. The molecular formula is C12H11N3O3S. The summed E-state index contributed by atoms with van der Waals surface area (Å²) in [7, 11) is -4.37. The van der Waals surface area contributed by atoms with Gasteiger partial charge in [-0.3, -0.25) is 4.55 Å². The van der Waals surface area contributed by atoms with Gasteiger partial charge in [0.15, 0.2) is 0 Å². The van der Waals surface area contributed by atoms with Gasteiger partial charge in [0.25, 0.3) is 10.1 Å². The molecule has 0 fully saturated rings. The Balaban J connectivity index is 2.35. The van der Waals surface area contributed by atoms with Crippen molar-refractivity contribution in [1.29, 1.82) is 0 Å². The minimum Gasteiger partial charge on any atom is -0.398 e. The summed E-state index contributed by atoms with van der Waals surface area (Å²) in [4.78, 5) is -0.378. The van der Waals surface area contributed by atoms with Gasteiger partial charge in [-0.05, 0) is 30.3 Å². The third-order valence-electron chi connectivity index (χ3n) is 2.31.